The molecule has 1 saturated heterocycles. The molecule has 7 rings (SSSR count). The Labute approximate surface area is 255 Å². The molecule has 0 bridgehead atoms. The zero-order valence-electron chi connectivity index (χ0n) is 23.9. The summed E-state index contributed by atoms with van der Waals surface area (Å²) in [5.41, 5.74) is 1.06. The number of hydrogen-bond acceptors (Lipinski definition) is 7. The predicted octanol–water partition coefficient (Wildman–Crippen LogP) is 4.64. The highest BCUT2D eigenvalue weighted by molar-refractivity contribution is 7.89. The third kappa shape index (κ3) is 5.20. The van der Waals surface area contributed by atoms with Crippen LogP contribution in [0.5, 0.6) is 11.8 Å². The third-order valence-electron chi connectivity index (χ3n) is 7.94. The molecule has 11 nitrogen and oxygen atoms in total. The number of alkyl halides is 4. The van der Waals surface area contributed by atoms with Crippen LogP contribution in [0.2, 0.25) is 0 Å². The number of ether oxygens (including phenoxy) is 2. The fourth-order valence-electron chi connectivity index (χ4n) is 6.10. The first-order valence-corrected chi connectivity index (χ1v) is 15.7. The topological polar surface area (TPSA) is 109 Å². The molecule has 236 valence electrons. The number of fused-ring (bicyclic) bond motifs is 2. The van der Waals surface area contributed by atoms with Gasteiger partial charge in [-0.25, -0.2) is 26.9 Å². The van der Waals surface area contributed by atoms with Crippen LogP contribution in [0.4, 0.5) is 17.6 Å². The summed E-state index contributed by atoms with van der Waals surface area (Å²) in [7, 11) is -1.97. The van der Waals surface area contributed by atoms with E-state index >= 15 is 0 Å². The Morgan fingerprint density at radius 1 is 1.04 bits per heavy atom. The summed E-state index contributed by atoms with van der Waals surface area (Å²) in [6, 6.07) is 12.4. The first-order chi connectivity index (χ1) is 21.6. The number of sulfonamides is 1. The molecule has 2 aromatic heterocycles. The highest BCUT2D eigenvalue weighted by Crippen LogP contribution is 2.50. The predicted molar refractivity (Wildman–Crippen MR) is 154 cm³/mol. The van der Waals surface area contributed by atoms with Gasteiger partial charge in [0.15, 0.2) is 0 Å². The average Bonchev–Trinajstić information content (AvgIpc) is 3.75. The van der Waals surface area contributed by atoms with Crippen LogP contribution in [0.3, 0.4) is 0 Å². The molecular weight excluding hydrogens is 618 g/mol. The summed E-state index contributed by atoms with van der Waals surface area (Å²) in [5.74, 6) is -0.0124. The SMILES string of the molecule is Cn1cc(-c2c3cccn(Cc4ccccc4)c-3nc2-c2c(C(F)F)nn3c2OC[C@@H](N2CCCS2(=O)=O)C3)c(OC(F)F)n1. The smallest absolute Gasteiger partial charge is 0.388 e. The Morgan fingerprint density at radius 2 is 1.84 bits per heavy atom. The van der Waals surface area contributed by atoms with Crippen molar-refractivity contribution in [3.8, 4) is 45.5 Å². The molecular formula is C29H27F4N7O4S. The van der Waals surface area contributed by atoms with Gasteiger partial charge in [-0.1, -0.05) is 30.3 Å². The Morgan fingerprint density at radius 3 is 2.56 bits per heavy atom. The second-order valence-electron chi connectivity index (χ2n) is 10.9. The lowest BCUT2D eigenvalue weighted by atomic mass is 9.98. The summed E-state index contributed by atoms with van der Waals surface area (Å²) >= 11 is 0. The highest BCUT2D eigenvalue weighted by Gasteiger charge is 2.41. The standard InChI is InChI=1S/C29H27F4N7O4S/c1-37-15-20(27(36-37)44-29(32)33)21-19-9-5-10-38(13-17-7-3-2-4-8-17)26(19)34-23(21)22-24(25(30)31)35-39-14-18(16-43-28(22)39)40-11-6-12-45(40,41)42/h2-5,7-10,15,18,25,29H,6,11-14,16H2,1H3/t18-/m0/s1. The largest absolute Gasteiger partial charge is 0.476 e. The summed E-state index contributed by atoms with van der Waals surface area (Å²) in [6.07, 6.45) is 0.641. The number of aryl methyl sites for hydroxylation is 1. The minimum atomic E-state index is -3.50. The molecule has 0 spiro atoms. The van der Waals surface area contributed by atoms with E-state index in [4.69, 9.17) is 14.5 Å². The molecule has 16 heteroatoms. The lowest BCUT2D eigenvalue weighted by molar-refractivity contribution is -0.0527. The van der Waals surface area contributed by atoms with Gasteiger partial charge in [0.1, 0.15) is 18.1 Å². The molecule has 0 aliphatic carbocycles. The second kappa shape index (κ2) is 11.2. The summed E-state index contributed by atoms with van der Waals surface area (Å²) in [5, 5.41) is 8.22. The summed E-state index contributed by atoms with van der Waals surface area (Å²) < 4.78 is 98.0. The number of pyridine rings is 1. The van der Waals surface area contributed by atoms with Crippen LogP contribution < -0.4 is 9.47 Å². The third-order valence-corrected chi connectivity index (χ3v) is 9.94. The molecule has 4 aliphatic rings. The van der Waals surface area contributed by atoms with Gasteiger partial charge in [-0.05, 0) is 24.1 Å². The van der Waals surface area contributed by atoms with E-state index in [9.17, 15) is 26.0 Å². The zero-order chi connectivity index (χ0) is 31.5. The van der Waals surface area contributed by atoms with E-state index in [0.717, 1.165) is 5.56 Å². The van der Waals surface area contributed by atoms with Crippen LogP contribution in [0, 0.1) is 0 Å². The van der Waals surface area contributed by atoms with E-state index in [1.54, 1.807) is 18.3 Å². The van der Waals surface area contributed by atoms with Gasteiger partial charge in [-0.15, -0.1) is 5.10 Å². The molecule has 3 aromatic rings. The van der Waals surface area contributed by atoms with Crippen LogP contribution in [0.25, 0.3) is 33.8 Å². The molecule has 0 saturated carbocycles. The van der Waals surface area contributed by atoms with Crippen LogP contribution >= 0.6 is 0 Å². The number of benzene rings is 1. The van der Waals surface area contributed by atoms with Gasteiger partial charge in [0.2, 0.25) is 21.8 Å². The van der Waals surface area contributed by atoms with Crippen LogP contribution in [-0.2, 0) is 30.2 Å². The molecule has 0 radical (unpaired) electrons. The van der Waals surface area contributed by atoms with Gasteiger partial charge in [0.05, 0.1) is 35.2 Å². The molecule has 6 heterocycles. The zero-order valence-corrected chi connectivity index (χ0v) is 24.7. The molecule has 0 N–H and O–H groups in total. The molecule has 1 atom stereocenters. The van der Waals surface area contributed by atoms with Gasteiger partial charge >= 0.3 is 6.61 Å². The Balaban J connectivity index is 1.43. The first-order valence-electron chi connectivity index (χ1n) is 14.1. The van der Waals surface area contributed by atoms with E-state index < -0.39 is 40.7 Å². The maximum Gasteiger partial charge on any atom is 0.388 e. The molecule has 1 aromatic carbocycles. The van der Waals surface area contributed by atoms with E-state index in [2.05, 4.69) is 10.2 Å². The number of hydrogen-bond donors (Lipinski definition) is 0. The van der Waals surface area contributed by atoms with Gasteiger partial charge in [-0.2, -0.15) is 18.2 Å². The van der Waals surface area contributed by atoms with Crippen molar-refractivity contribution in [2.75, 3.05) is 18.9 Å². The Hall–Kier alpha value is -4.44. The van der Waals surface area contributed by atoms with Crippen LogP contribution in [0.1, 0.15) is 24.1 Å². The van der Waals surface area contributed by atoms with Gasteiger partial charge < -0.3 is 14.0 Å². The van der Waals surface area contributed by atoms with E-state index in [-0.39, 0.29) is 47.2 Å². The van der Waals surface area contributed by atoms with E-state index in [1.807, 2.05) is 34.9 Å². The molecule has 0 amide bonds. The monoisotopic (exact) mass is 645 g/mol. The molecule has 1 fully saturated rings. The summed E-state index contributed by atoms with van der Waals surface area (Å²) in [6.45, 7) is -2.60. The minimum Gasteiger partial charge on any atom is -0.476 e. The van der Waals surface area contributed by atoms with Crippen molar-refractivity contribution < 1.29 is 35.5 Å². The van der Waals surface area contributed by atoms with Crippen molar-refractivity contribution in [2.24, 2.45) is 7.05 Å². The maximum absolute atomic E-state index is 14.7. The van der Waals surface area contributed by atoms with Crippen molar-refractivity contribution in [1.29, 1.82) is 0 Å². The van der Waals surface area contributed by atoms with Crippen LogP contribution in [-0.4, -0.2) is 73.4 Å². The number of rotatable bonds is 8. The number of aromatic nitrogens is 6. The van der Waals surface area contributed by atoms with E-state index in [1.165, 1.54) is 26.9 Å². The lowest BCUT2D eigenvalue weighted by Gasteiger charge is -2.30. The Kier molecular flexibility index (Phi) is 7.27. The maximum atomic E-state index is 14.7. The fraction of sp³-hybridized carbons (Fsp3) is 0.345. The summed E-state index contributed by atoms with van der Waals surface area (Å²) in [4.78, 5) is 4.84. The highest BCUT2D eigenvalue weighted by atomic mass is 32.2. The van der Waals surface area contributed by atoms with Gasteiger partial charge in [0.25, 0.3) is 6.43 Å². The van der Waals surface area contributed by atoms with Crippen molar-refractivity contribution in [3.05, 3.63) is 66.1 Å². The normalized spacial score (nSPS) is 18.2. The fourth-order valence-corrected chi connectivity index (χ4v) is 7.82. The van der Waals surface area contributed by atoms with Crippen molar-refractivity contribution in [1.82, 2.24) is 33.4 Å². The quantitative estimate of drug-likeness (QED) is 0.226. The van der Waals surface area contributed by atoms with Gasteiger partial charge in [0, 0.05) is 43.7 Å². The minimum absolute atomic E-state index is 0.00744. The molecule has 0 unspecified atom stereocenters. The number of halogens is 4. The van der Waals surface area contributed by atoms with Crippen molar-refractivity contribution >= 4 is 10.0 Å². The number of nitrogens with zero attached hydrogens (tertiary/aromatic N) is 7. The lowest BCUT2D eigenvalue weighted by Crippen LogP contribution is -2.45. The Bertz CT molecular complexity index is 1940. The van der Waals surface area contributed by atoms with E-state index in [0.29, 0.717) is 30.9 Å². The first kappa shape index (κ1) is 29.3. The van der Waals surface area contributed by atoms with Crippen molar-refractivity contribution in [2.45, 2.75) is 38.6 Å². The average molecular weight is 646 g/mol. The van der Waals surface area contributed by atoms with Crippen LogP contribution in [0.15, 0.2) is 54.9 Å². The second-order valence-corrected chi connectivity index (χ2v) is 12.9. The van der Waals surface area contributed by atoms with Gasteiger partial charge in [-0.3, -0.25) is 4.68 Å². The molecule has 45 heavy (non-hydrogen) atoms. The molecule has 4 aliphatic heterocycles. The van der Waals surface area contributed by atoms with Crippen molar-refractivity contribution in [3.63, 3.8) is 0 Å².